The van der Waals surface area contributed by atoms with Crippen LogP contribution in [0.5, 0.6) is 0 Å². The van der Waals surface area contributed by atoms with Gasteiger partial charge in [0.05, 0.1) is 16.0 Å². The van der Waals surface area contributed by atoms with Gasteiger partial charge in [0.25, 0.3) is 0 Å². The van der Waals surface area contributed by atoms with Crippen molar-refractivity contribution in [1.82, 2.24) is 20.1 Å². The second-order valence-electron chi connectivity index (χ2n) is 6.23. The average Bonchev–Trinajstić information content (AvgIpc) is 3.01. The molecule has 0 saturated carbocycles. The van der Waals surface area contributed by atoms with Gasteiger partial charge in [-0.05, 0) is 26.1 Å². The predicted octanol–water partition coefficient (Wildman–Crippen LogP) is 2.14. The number of thioether (sulfide) groups is 1. The van der Waals surface area contributed by atoms with E-state index in [4.69, 9.17) is 0 Å². The summed E-state index contributed by atoms with van der Waals surface area (Å²) < 4.78 is 2.13. The summed E-state index contributed by atoms with van der Waals surface area (Å²) in [6.07, 6.45) is 0. The second kappa shape index (κ2) is 8.29. The van der Waals surface area contributed by atoms with Crippen LogP contribution in [0.25, 0.3) is 10.2 Å². The molecule has 1 amide bonds. The van der Waals surface area contributed by atoms with Gasteiger partial charge in [-0.2, -0.15) is 0 Å². The molecule has 1 aliphatic rings. The fourth-order valence-corrected chi connectivity index (χ4v) is 4.64. The van der Waals surface area contributed by atoms with Crippen molar-refractivity contribution < 1.29 is 4.79 Å². The van der Waals surface area contributed by atoms with Gasteiger partial charge in [0, 0.05) is 38.8 Å². The lowest BCUT2D eigenvalue weighted by Gasteiger charge is -2.36. The Morgan fingerprint density at radius 1 is 1.33 bits per heavy atom. The number of aromatic nitrogens is 1. The van der Waals surface area contributed by atoms with Gasteiger partial charge in [0.1, 0.15) is 0 Å². The van der Waals surface area contributed by atoms with Crippen molar-refractivity contribution in [2.45, 2.75) is 17.3 Å². The summed E-state index contributed by atoms with van der Waals surface area (Å²) in [5.41, 5.74) is 1.01. The second-order valence-corrected chi connectivity index (χ2v) is 8.48. The summed E-state index contributed by atoms with van der Waals surface area (Å²) in [6.45, 7) is 7.26. The van der Waals surface area contributed by atoms with Gasteiger partial charge >= 0.3 is 0 Å². The van der Waals surface area contributed by atoms with Crippen molar-refractivity contribution >= 4 is 39.2 Å². The van der Waals surface area contributed by atoms with Crippen LogP contribution in [0.3, 0.4) is 0 Å². The standard InChI is InChI=1S/C17H24N4OS2/c1-13(21-9-7-20(2)8-10-21)11-18-16(22)12-23-17-19-14-5-3-4-6-15(14)24-17/h3-6,13H,7-12H2,1-2H3,(H,18,22). The Labute approximate surface area is 151 Å². The summed E-state index contributed by atoms with van der Waals surface area (Å²) >= 11 is 3.16. The number of rotatable bonds is 6. The third-order valence-electron chi connectivity index (χ3n) is 4.36. The maximum absolute atomic E-state index is 12.1. The fourth-order valence-electron chi connectivity index (χ4n) is 2.74. The fraction of sp³-hybridized carbons (Fsp3) is 0.529. The zero-order chi connectivity index (χ0) is 16.9. The van der Waals surface area contributed by atoms with Crippen LogP contribution < -0.4 is 5.32 Å². The molecular formula is C17H24N4OS2. The molecule has 1 aromatic heterocycles. The third kappa shape index (κ3) is 4.69. The number of carbonyl (C=O) groups excluding carboxylic acids is 1. The molecule has 2 aromatic rings. The van der Waals surface area contributed by atoms with Gasteiger partial charge in [-0.15, -0.1) is 11.3 Å². The number of para-hydroxylation sites is 1. The van der Waals surface area contributed by atoms with Crippen LogP contribution in [0, 0.1) is 0 Å². The lowest BCUT2D eigenvalue weighted by Crippen LogP contribution is -2.51. The van der Waals surface area contributed by atoms with E-state index in [0.717, 1.165) is 36.0 Å². The number of benzene rings is 1. The minimum atomic E-state index is 0.0835. The molecule has 1 aliphatic heterocycles. The Balaban J connectivity index is 1.40. The number of nitrogens with zero attached hydrogens (tertiary/aromatic N) is 3. The molecule has 0 bridgehead atoms. The molecule has 1 saturated heterocycles. The summed E-state index contributed by atoms with van der Waals surface area (Å²) in [7, 11) is 2.16. The van der Waals surface area contributed by atoms with E-state index in [1.165, 1.54) is 16.5 Å². The minimum Gasteiger partial charge on any atom is -0.354 e. The van der Waals surface area contributed by atoms with E-state index < -0.39 is 0 Å². The summed E-state index contributed by atoms with van der Waals surface area (Å²) in [4.78, 5) is 21.4. The first kappa shape index (κ1) is 17.7. The van der Waals surface area contributed by atoms with E-state index in [2.05, 4.69) is 40.1 Å². The Hall–Kier alpha value is -1.15. The Morgan fingerprint density at radius 2 is 2.08 bits per heavy atom. The molecule has 1 atom stereocenters. The van der Waals surface area contributed by atoms with Crippen LogP contribution in [0.4, 0.5) is 0 Å². The van der Waals surface area contributed by atoms with Gasteiger partial charge in [0.15, 0.2) is 4.34 Å². The highest BCUT2D eigenvalue weighted by molar-refractivity contribution is 8.01. The summed E-state index contributed by atoms with van der Waals surface area (Å²) in [5.74, 6) is 0.509. The van der Waals surface area contributed by atoms with E-state index in [9.17, 15) is 4.79 Å². The number of hydrogen-bond acceptors (Lipinski definition) is 6. The number of fused-ring (bicyclic) bond motifs is 1. The first-order valence-electron chi connectivity index (χ1n) is 8.29. The first-order chi connectivity index (χ1) is 11.6. The molecule has 1 unspecified atom stereocenters. The lowest BCUT2D eigenvalue weighted by atomic mass is 10.2. The summed E-state index contributed by atoms with van der Waals surface area (Å²) in [6, 6.07) is 8.46. The van der Waals surface area contributed by atoms with Crippen molar-refractivity contribution in [2.24, 2.45) is 0 Å². The molecule has 1 aromatic carbocycles. The number of nitrogens with one attached hydrogen (secondary N) is 1. The van der Waals surface area contributed by atoms with E-state index in [1.54, 1.807) is 11.3 Å². The summed E-state index contributed by atoms with van der Waals surface area (Å²) in [5, 5.41) is 3.06. The average molecular weight is 365 g/mol. The largest absolute Gasteiger partial charge is 0.354 e. The van der Waals surface area contributed by atoms with Gasteiger partial charge < -0.3 is 10.2 Å². The van der Waals surface area contributed by atoms with Crippen molar-refractivity contribution in [3.05, 3.63) is 24.3 Å². The quantitative estimate of drug-likeness (QED) is 0.796. The molecule has 24 heavy (non-hydrogen) atoms. The van der Waals surface area contributed by atoms with Crippen molar-refractivity contribution in [3.63, 3.8) is 0 Å². The Bertz CT molecular complexity index is 649. The molecule has 7 heteroatoms. The molecule has 0 radical (unpaired) electrons. The number of likely N-dealkylation sites (N-methyl/N-ethyl adjacent to an activating group) is 1. The van der Waals surface area contributed by atoms with Crippen molar-refractivity contribution in [1.29, 1.82) is 0 Å². The highest BCUT2D eigenvalue weighted by Gasteiger charge is 2.19. The van der Waals surface area contributed by atoms with Crippen molar-refractivity contribution in [3.8, 4) is 0 Å². The Kier molecular flexibility index (Phi) is 6.10. The monoisotopic (exact) mass is 364 g/mol. The number of thiazole rings is 1. The van der Waals surface area contributed by atoms with Crippen LogP contribution in [0.1, 0.15) is 6.92 Å². The normalized spacial score (nSPS) is 17.9. The van der Waals surface area contributed by atoms with Crippen molar-refractivity contribution in [2.75, 3.05) is 45.5 Å². The van der Waals surface area contributed by atoms with E-state index in [0.29, 0.717) is 18.3 Å². The molecule has 1 N–H and O–H groups in total. The van der Waals surface area contributed by atoms with Crippen LogP contribution in [0.2, 0.25) is 0 Å². The zero-order valence-corrected chi connectivity index (χ0v) is 15.8. The number of amides is 1. The van der Waals surface area contributed by atoms with Gasteiger partial charge in [-0.1, -0.05) is 23.9 Å². The van der Waals surface area contributed by atoms with E-state index >= 15 is 0 Å². The zero-order valence-electron chi connectivity index (χ0n) is 14.2. The number of piperazine rings is 1. The first-order valence-corrected chi connectivity index (χ1v) is 10.1. The molecular weight excluding hydrogens is 340 g/mol. The smallest absolute Gasteiger partial charge is 0.230 e. The molecule has 3 rings (SSSR count). The third-order valence-corrected chi connectivity index (χ3v) is 6.54. The SMILES string of the molecule is CC(CNC(=O)CSc1nc2ccccc2s1)N1CCN(C)CC1. The minimum absolute atomic E-state index is 0.0835. The molecule has 0 aliphatic carbocycles. The van der Waals surface area contributed by atoms with Gasteiger partial charge in [0.2, 0.25) is 5.91 Å². The maximum atomic E-state index is 12.1. The number of hydrogen-bond donors (Lipinski definition) is 1. The molecule has 0 spiro atoms. The van der Waals surface area contributed by atoms with E-state index in [1.807, 2.05) is 18.2 Å². The van der Waals surface area contributed by atoms with Crippen LogP contribution >= 0.6 is 23.1 Å². The highest BCUT2D eigenvalue weighted by atomic mass is 32.2. The van der Waals surface area contributed by atoms with Gasteiger partial charge in [-0.3, -0.25) is 9.69 Å². The maximum Gasteiger partial charge on any atom is 0.230 e. The molecule has 1 fully saturated rings. The van der Waals surface area contributed by atoms with Crippen LogP contribution in [0.15, 0.2) is 28.6 Å². The highest BCUT2D eigenvalue weighted by Crippen LogP contribution is 2.28. The molecule has 5 nitrogen and oxygen atoms in total. The number of carbonyl (C=O) groups is 1. The Morgan fingerprint density at radius 3 is 2.83 bits per heavy atom. The van der Waals surface area contributed by atoms with Gasteiger partial charge in [-0.25, -0.2) is 4.98 Å². The lowest BCUT2D eigenvalue weighted by molar-refractivity contribution is -0.118. The van der Waals surface area contributed by atoms with Crippen LogP contribution in [-0.4, -0.2) is 72.3 Å². The predicted molar refractivity (Wildman–Crippen MR) is 102 cm³/mol. The molecule has 130 valence electrons. The topological polar surface area (TPSA) is 48.5 Å². The van der Waals surface area contributed by atoms with Crippen LogP contribution in [-0.2, 0) is 4.79 Å². The van der Waals surface area contributed by atoms with E-state index in [-0.39, 0.29) is 5.91 Å². The molecule has 2 heterocycles.